The lowest BCUT2D eigenvalue weighted by Crippen LogP contribution is -2.40. The molecule has 1 aromatic carbocycles. The van der Waals surface area contributed by atoms with Gasteiger partial charge in [-0.05, 0) is 49.1 Å². The summed E-state index contributed by atoms with van der Waals surface area (Å²) in [6.07, 6.45) is 3.21. The number of aryl methyl sites for hydroxylation is 2. The number of hydrogen-bond acceptors (Lipinski definition) is 6. The smallest absolute Gasteiger partial charge is 0.332 e. The quantitative estimate of drug-likeness (QED) is 0.275. The summed E-state index contributed by atoms with van der Waals surface area (Å²) in [7, 11) is 0. The van der Waals surface area contributed by atoms with E-state index in [1.165, 1.54) is 21.3 Å². The number of rotatable bonds is 9. The lowest BCUT2D eigenvalue weighted by atomic mass is 10.2. The van der Waals surface area contributed by atoms with Gasteiger partial charge in [0.1, 0.15) is 5.82 Å². The van der Waals surface area contributed by atoms with Crippen LogP contribution in [0.5, 0.6) is 0 Å². The fourth-order valence-corrected chi connectivity index (χ4v) is 3.87. The highest BCUT2D eigenvalue weighted by atomic mass is 35.5. The fraction of sp³-hybridized carbons (Fsp3) is 0.381. The summed E-state index contributed by atoms with van der Waals surface area (Å²) in [5.41, 5.74) is -0.216. The van der Waals surface area contributed by atoms with Crippen LogP contribution in [0.15, 0.2) is 32.3 Å². The highest BCUT2D eigenvalue weighted by molar-refractivity contribution is 6.30. The summed E-state index contributed by atoms with van der Waals surface area (Å²) < 4.78 is 21.9. The van der Waals surface area contributed by atoms with Gasteiger partial charge in [0, 0.05) is 24.5 Å². The molecule has 4 aromatic rings. The van der Waals surface area contributed by atoms with Crippen LogP contribution in [-0.4, -0.2) is 29.2 Å². The number of unbranched alkanes of at least 4 members (excludes halogenated alkanes) is 2. The molecule has 0 bridgehead atoms. The highest BCUT2D eigenvalue weighted by Gasteiger charge is 2.17. The van der Waals surface area contributed by atoms with Crippen LogP contribution in [0.1, 0.15) is 38.4 Å². The van der Waals surface area contributed by atoms with E-state index in [9.17, 15) is 14.0 Å². The molecular formula is C21H21Cl2FN6O3. The molecule has 0 radical (unpaired) electrons. The van der Waals surface area contributed by atoms with Crippen molar-refractivity contribution in [2.45, 2.75) is 52.1 Å². The zero-order chi connectivity index (χ0) is 23.5. The standard InChI is InChI=1S/C21H21Cl2FN6O3/c1-2-3-9-29-17-16(26-20(23)27-17)19(31)30(21(29)32)10-5-4-6-15-25-18(33-28-15)13-8-7-12(22)11-14(13)24/h7-8,11H,2-6,9-10H2,1H3,(H,26,27). The van der Waals surface area contributed by atoms with Crippen molar-refractivity contribution in [3.8, 4) is 11.5 Å². The zero-order valence-corrected chi connectivity index (χ0v) is 19.3. The summed E-state index contributed by atoms with van der Waals surface area (Å²) >= 11 is 11.7. The van der Waals surface area contributed by atoms with Gasteiger partial charge in [-0.3, -0.25) is 13.9 Å². The third kappa shape index (κ3) is 4.86. The van der Waals surface area contributed by atoms with Crippen molar-refractivity contribution < 1.29 is 8.91 Å². The largest absolute Gasteiger partial charge is 0.334 e. The number of halogens is 3. The Balaban J connectivity index is 1.46. The average molecular weight is 495 g/mol. The Labute approximate surface area is 197 Å². The van der Waals surface area contributed by atoms with Gasteiger partial charge in [0.2, 0.25) is 5.28 Å². The van der Waals surface area contributed by atoms with E-state index >= 15 is 0 Å². The highest BCUT2D eigenvalue weighted by Crippen LogP contribution is 2.24. The second-order valence-corrected chi connectivity index (χ2v) is 8.36. The van der Waals surface area contributed by atoms with E-state index in [2.05, 4.69) is 20.1 Å². The van der Waals surface area contributed by atoms with Crippen molar-refractivity contribution in [2.75, 3.05) is 0 Å². The molecule has 0 atom stereocenters. The number of nitrogens with one attached hydrogen (secondary N) is 1. The third-order valence-electron chi connectivity index (χ3n) is 5.23. The van der Waals surface area contributed by atoms with Gasteiger partial charge in [-0.15, -0.1) is 0 Å². The molecular weight excluding hydrogens is 474 g/mol. The fourth-order valence-electron chi connectivity index (χ4n) is 3.53. The van der Waals surface area contributed by atoms with Crippen LogP contribution in [0.2, 0.25) is 10.3 Å². The van der Waals surface area contributed by atoms with E-state index in [0.717, 1.165) is 12.8 Å². The van der Waals surface area contributed by atoms with Gasteiger partial charge in [-0.25, -0.2) is 9.18 Å². The molecule has 174 valence electrons. The first-order valence-corrected chi connectivity index (χ1v) is 11.3. The normalized spacial score (nSPS) is 11.5. The molecule has 0 unspecified atom stereocenters. The molecule has 0 amide bonds. The first-order chi connectivity index (χ1) is 15.9. The molecule has 12 heteroatoms. The minimum atomic E-state index is -0.550. The van der Waals surface area contributed by atoms with Crippen LogP contribution in [0.3, 0.4) is 0 Å². The molecule has 0 aliphatic heterocycles. The summed E-state index contributed by atoms with van der Waals surface area (Å²) in [5, 5.41) is 4.22. The summed E-state index contributed by atoms with van der Waals surface area (Å²) in [6, 6.07) is 4.19. The van der Waals surface area contributed by atoms with Crippen molar-refractivity contribution in [3.63, 3.8) is 0 Å². The van der Waals surface area contributed by atoms with E-state index in [4.69, 9.17) is 27.7 Å². The Morgan fingerprint density at radius 3 is 2.64 bits per heavy atom. The maximum absolute atomic E-state index is 14.0. The van der Waals surface area contributed by atoms with Gasteiger partial charge >= 0.3 is 5.69 Å². The molecule has 3 aromatic heterocycles. The Morgan fingerprint density at radius 2 is 1.88 bits per heavy atom. The average Bonchev–Trinajstić information content (AvgIpc) is 3.40. The Kier molecular flexibility index (Phi) is 6.94. The van der Waals surface area contributed by atoms with Crippen LogP contribution in [0.25, 0.3) is 22.6 Å². The molecule has 0 spiro atoms. The second-order valence-electron chi connectivity index (χ2n) is 7.57. The number of nitrogens with zero attached hydrogens (tertiary/aromatic N) is 5. The minimum Gasteiger partial charge on any atom is -0.334 e. The number of H-pyrrole nitrogens is 1. The Bertz CT molecular complexity index is 1410. The van der Waals surface area contributed by atoms with Crippen molar-refractivity contribution in [1.82, 2.24) is 29.2 Å². The maximum Gasteiger partial charge on any atom is 0.332 e. The van der Waals surface area contributed by atoms with E-state index in [1.54, 1.807) is 6.07 Å². The van der Waals surface area contributed by atoms with Crippen LogP contribution >= 0.6 is 23.2 Å². The molecule has 0 aliphatic carbocycles. The van der Waals surface area contributed by atoms with Crippen LogP contribution in [0.4, 0.5) is 4.39 Å². The predicted molar refractivity (Wildman–Crippen MR) is 122 cm³/mol. The lowest BCUT2D eigenvalue weighted by molar-refractivity contribution is 0.418. The molecule has 9 nitrogen and oxygen atoms in total. The van der Waals surface area contributed by atoms with Gasteiger partial charge < -0.3 is 9.51 Å². The molecule has 1 N–H and O–H groups in total. The van der Waals surface area contributed by atoms with Crippen molar-refractivity contribution in [2.24, 2.45) is 0 Å². The Morgan fingerprint density at radius 1 is 1.09 bits per heavy atom. The van der Waals surface area contributed by atoms with E-state index in [0.29, 0.717) is 31.6 Å². The molecule has 33 heavy (non-hydrogen) atoms. The number of hydrogen-bond donors (Lipinski definition) is 1. The van der Waals surface area contributed by atoms with Gasteiger partial charge in [-0.2, -0.15) is 9.97 Å². The van der Waals surface area contributed by atoms with Crippen molar-refractivity contribution >= 4 is 34.4 Å². The zero-order valence-electron chi connectivity index (χ0n) is 17.8. The molecule has 0 fully saturated rings. The van der Waals surface area contributed by atoms with E-state index < -0.39 is 17.1 Å². The molecule has 0 aliphatic rings. The number of imidazole rings is 1. The third-order valence-corrected chi connectivity index (χ3v) is 5.64. The molecule has 0 saturated heterocycles. The topological polar surface area (TPSA) is 112 Å². The van der Waals surface area contributed by atoms with Gasteiger partial charge in [0.05, 0.1) is 5.56 Å². The first-order valence-electron chi connectivity index (χ1n) is 10.6. The first kappa shape index (κ1) is 23.2. The summed E-state index contributed by atoms with van der Waals surface area (Å²) in [6.45, 7) is 2.67. The van der Waals surface area contributed by atoms with Crippen molar-refractivity contribution in [3.05, 3.63) is 61.0 Å². The van der Waals surface area contributed by atoms with E-state index in [1.807, 2.05) is 6.92 Å². The lowest BCUT2D eigenvalue weighted by Gasteiger charge is -2.10. The van der Waals surface area contributed by atoms with Crippen LogP contribution < -0.4 is 11.2 Å². The minimum absolute atomic E-state index is 0.0644. The van der Waals surface area contributed by atoms with Gasteiger partial charge in [0.15, 0.2) is 17.0 Å². The number of aromatic nitrogens is 6. The molecule has 3 heterocycles. The van der Waals surface area contributed by atoms with Crippen LogP contribution in [0, 0.1) is 5.82 Å². The van der Waals surface area contributed by atoms with Crippen LogP contribution in [-0.2, 0) is 19.5 Å². The van der Waals surface area contributed by atoms with Crippen molar-refractivity contribution in [1.29, 1.82) is 0 Å². The second kappa shape index (κ2) is 9.88. The number of fused-ring (bicyclic) bond motifs is 1. The summed E-state index contributed by atoms with van der Waals surface area (Å²) in [4.78, 5) is 36.8. The SMILES string of the molecule is CCCCn1c(=O)n(CCCCc2noc(-c3ccc(Cl)cc3F)n2)c(=O)c2[nH]c(Cl)nc21. The monoisotopic (exact) mass is 494 g/mol. The van der Waals surface area contributed by atoms with E-state index in [-0.39, 0.29) is 39.5 Å². The van der Waals surface area contributed by atoms with Gasteiger partial charge in [0.25, 0.3) is 11.4 Å². The molecule has 0 saturated carbocycles. The number of aromatic amines is 1. The number of benzene rings is 1. The molecule has 4 rings (SSSR count). The maximum atomic E-state index is 14.0. The Hall–Kier alpha value is -2.98. The van der Waals surface area contributed by atoms with Gasteiger partial charge in [-0.1, -0.05) is 30.1 Å². The predicted octanol–water partition coefficient (Wildman–Crippen LogP) is 4.21. The summed E-state index contributed by atoms with van der Waals surface area (Å²) in [5.74, 6) is -0.0793.